The summed E-state index contributed by atoms with van der Waals surface area (Å²) in [6.07, 6.45) is 4.89. The van der Waals surface area contributed by atoms with E-state index in [0.717, 1.165) is 55.9 Å². The fraction of sp³-hybridized carbons (Fsp3) is 0.579. The summed E-state index contributed by atoms with van der Waals surface area (Å²) in [5.41, 5.74) is 6.46. The second-order valence-corrected chi connectivity index (χ2v) is 7.89. The zero-order valence-corrected chi connectivity index (χ0v) is 16.1. The van der Waals surface area contributed by atoms with Gasteiger partial charge in [-0.3, -0.25) is 9.69 Å². The average Bonchev–Trinajstić information content (AvgIpc) is 3.05. The Labute approximate surface area is 159 Å². The standard InChI is InChI=1S/C19H29N5OS/c20-9-5-1-2-6-10-23-11-13-24(14-12-23)15-18(25)22-19-21-16-7-3-4-8-17(16)26-19/h3-4,7-8H,1-2,5-6,9-15,20H2,(H,21,22,25). The summed E-state index contributed by atoms with van der Waals surface area (Å²) in [6, 6.07) is 7.95. The molecule has 7 heteroatoms. The van der Waals surface area contributed by atoms with E-state index in [0.29, 0.717) is 11.7 Å². The fourth-order valence-corrected chi connectivity index (χ4v) is 4.17. The zero-order valence-electron chi connectivity index (χ0n) is 15.3. The second-order valence-electron chi connectivity index (χ2n) is 6.86. The van der Waals surface area contributed by atoms with Crippen LogP contribution in [-0.4, -0.2) is 66.5 Å². The number of thiazole rings is 1. The summed E-state index contributed by atoms with van der Waals surface area (Å²) in [5.74, 6) is 0.0271. The number of hydrogen-bond donors (Lipinski definition) is 2. The Hall–Kier alpha value is -1.54. The lowest BCUT2D eigenvalue weighted by molar-refractivity contribution is -0.117. The van der Waals surface area contributed by atoms with Crippen molar-refractivity contribution in [3.05, 3.63) is 24.3 Å². The molecule has 6 nitrogen and oxygen atoms in total. The van der Waals surface area contributed by atoms with Crippen LogP contribution in [0.25, 0.3) is 10.2 Å². The summed E-state index contributed by atoms with van der Waals surface area (Å²) >= 11 is 1.52. The first-order valence-corrected chi connectivity index (χ1v) is 10.4. The highest BCUT2D eigenvalue weighted by atomic mass is 32.1. The molecule has 0 bridgehead atoms. The van der Waals surface area contributed by atoms with Crippen LogP contribution in [0.2, 0.25) is 0 Å². The Balaban J connectivity index is 1.35. The monoisotopic (exact) mass is 375 g/mol. The van der Waals surface area contributed by atoms with Gasteiger partial charge < -0.3 is 16.0 Å². The minimum Gasteiger partial charge on any atom is -0.330 e. The molecule has 1 aromatic carbocycles. The third-order valence-corrected chi connectivity index (χ3v) is 5.75. The number of fused-ring (bicyclic) bond motifs is 1. The van der Waals surface area contributed by atoms with E-state index in [1.807, 2.05) is 24.3 Å². The molecule has 26 heavy (non-hydrogen) atoms. The maximum atomic E-state index is 12.3. The van der Waals surface area contributed by atoms with Gasteiger partial charge in [-0.15, -0.1) is 0 Å². The molecule has 1 aromatic heterocycles. The van der Waals surface area contributed by atoms with Crippen molar-refractivity contribution in [3.63, 3.8) is 0 Å². The highest BCUT2D eigenvalue weighted by molar-refractivity contribution is 7.22. The van der Waals surface area contributed by atoms with E-state index < -0.39 is 0 Å². The lowest BCUT2D eigenvalue weighted by atomic mass is 10.2. The molecule has 0 aliphatic carbocycles. The Morgan fingerprint density at radius 1 is 1.08 bits per heavy atom. The molecule has 0 spiro atoms. The number of aromatic nitrogens is 1. The predicted molar refractivity (Wildman–Crippen MR) is 109 cm³/mol. The molecule has 0 radical (unpaired) electrons. The first-order valence-electron chi connectivity index (χ1n) is 9.55. The number of amides is 1. The number of carbonyl (C=O) groups is 1. The second kappa shape index (κ2) is 9.97. The SMILES string of the molecule is NCCCCCCN1CCN(CC(=O)Nc2nc3ccccc3s2)CC1. The van der Waals surface area contributed by atoms with Gasteiger partial charge in [0.25, 0.3) is 0 Å². The van der Waals surface area contributed by atoms with Gasteiger partial charge in [-0.2, -0.15) is 0 Å². The van der Waals surface area contributed by atoms with Crippen molar-refractivity contribution in [2.24, 2.45) is 5.73 Å². The maximum absolute atomic E-state index is 12.3. The molecule has 2 heterocycles. The summed E-state index contributed by atoms with van der Waals surface area (Å²) in [6.45, 7) is 6.41. The number of rotatable bonds is 9. The fourth-order valence-electron chi connectivity index (χ4n) is 3.29. The molecule has 142 valence electrons. The third-order valence-electron chi connectivity index (χ3n) is 4.80. The maximum Gasteiger partial charge on any atom is 0.240 e. The molecule has 3 rings (SSSR count). The number of benzene rings is 1. The molecule has 1 fully saturated rings. The largest absolute Gasteiger partial charge is 0.330 e. The van der Waals surface area contributed by atoms with E-state index in [2.05, 4.69) is 20.1 Å². The van der Waals surface area contributed by atoms with Gasteiger partial charge in [-0.1, -0.05) is 36.3 Å². The van der Waals surface area contributed by atoms with Crippen molar-refractivity contribution < 1.29 is 4.79 Å². The molecule has 3 N–H and O–H groups in total. The predicted octanol–water partition coefficient (Wildman–Crippen LogP) is 2.37. The van der Waals surface area contributed by atoms with Crippen molar-refractivity contribution >= 4 is 32.6 Å². The zero-order chi connectivity index (χ0) is 18.2. The molecule has 1 amide bonds. The number of para-hydroxylation sites is 1. The van der Waals surface area contributed by atoms with Crippen LogP contribution < -0.4 is 11.1 Å². The third kappa shape index (κ3) is 5.74. The first-order chi connectivity index (χ1) is 12.7. The van der Waals surface area contributed by atoms with E-state index in [1.165, 1.54) is 30.6 Å². The number of anilines is 1. The van der Waals surface area contributed by atoms with Crippen molar-refractivity contribution in [2.45, 2.75) is 25.7 Å². The number of nitrogens with one attached hydrogen (secondary N) is 1. The highest BCUT2D eigenvalue weighted by Crippen LogP contribution is 2.25. The van der Waals surface area contributed by atoms with E-state index in [4.69, 9.17) is 5.73 Å². The van der Waals surface area contributed by atoms with E-state index in [1.54, 1.807) is 0 Å². The molecule has 1 aliphatic rings. The van der Waals surface area contributed by atoms with Crippen molar-refractivity contribution in [2.75, 3.05) is 51.1 Å². The number of carbonyl (C=O) groups excluding carboxylic acids is 1. The van der Waals surface area contributed by atoms with Crippen LogP contribution in [0.4, 0.5) is 5.13 Å². The van der Waals surface area contributed by atoms with Crippen LogP contribution in [-0.2, 0) is 4.79 Å². The minimum atomic E-state index is 0.0271. The van der Waals surface area contributed by atoms with Crippen LogP contribution >= 0.6 is 11.3 Å². The Kier molecular flexibility index (Phi) is 7.37. The normalized spacial score (nSPS) is 16.2. The van der Waals surface area contributed by atoms with Crippen LogP contribution in [0, 0.1) is 0 Å². The van der Waals surface area contributed by atoms with E-state index >= 15 is 0 Å². The molecule has 0 unspecified atom stereocenters. The number of unbranched alkanes of at least 4 members (excludes halogenated alkanes) is 3. The molecule has 0 atom stereocenters. The van der Waals surface area contributed by atoms with Crippen LogP contribution in [0.1, 0.15) is 25.7 Å². The summed E-state index contributed by atoms with van der Waals surface area (Å²) in [7, 11) is 0. The minimum absolute atomic E-state index is 0.0271. The number of hydrogen-bond acceptors (Lipinski definition) is 6. The smallest absolute Gasteiger partial charge is 0.240 e. The molecule has 2 aromatic rings. The number of nitrogens with two attached hydrogens (primary N) is 1. The average molecular weight is 376 g/mol. The Morgan fingerprint density at radius 3 is 2.58 bits per heavy atom. The Morgan fingerprint density at radius 2 is 1.81 bits per heavy atom. The quantitative estimate of drug-likeness (QED) is 0.658. The van der Waals surface area contributed by atoms with Gasteiger partial charge >= 0.3 is 0 Å². The molecule has 1 saturated heterocycles. The van der Waals surface area contributed by atoms with Gasteiger partial charge in [0.2, 0.25) is 5.91 Å². The van der Waals surface area contributed by atoms with E-state index in [9.17, 15) is 4.79 Å². The molecular formula is C19H29N5OS. The summed E-state index contributed by atoms with van der Waals surface area (Å²) in [4.78, 5) is 21.5. The van der Waals surface area contributed by atoms with Crippen LogP contribution in [0.3, 0.4) is 0 Å². The van der Waals surface area contributed by atoms with Gasteiger partial charge in [0.15, 0.2) is 5.13 Å². The van der Waals surface area contributed by atoms with Gasteiger partial charge in [-0.25, -0.2) is 4.98 Å². The van der Waals surface area contributed by atoms with Gasteiger partial charge in [0.05, 0.1) is 16.8 Å². The van der Waals surface area contributed by atoms with Gasteiger partial charge in [0, 0.05) is 26.2 Å². The lowest BCUT2D eigenvalue weighted by Gasteiger charge is -2.34. The van der Waals surface area contributed by atoms with Crippen molar-refractivity contribution in [1.82, 2.24) is 14.8 Å². The summed E-state index contributed by atoms with van der Waals surface area (Å²) < 4.78 is 1.10. The Bertz CT molecular complexity index is 663. The van der Waals surface area contributed by atoms with Crippen LogP contribution in [0.5, 0.6) is 0 Å². The number of piperazine rings is 1. The highest BCUT2D eigenvalue weighted by Gasteiger charge is 2.19. The summed E-state index contributed by atoms with van der Waals surface area (Å²) in [5, 5.41) is 3.63. The molecule has 0 saturated carbocycles. The number of nitrogens with zero attached hydrogens (tertiary/aromatic N) is 3. The van der Waals surface area contributed by atoms with Crippen molar-refractivity contribution in [3.8, 4) is 0 Å². The topological polar surface area (TPSA) is 74.5 Å². The van der Waals surface area contributed by atoms with Crippen molar-refractivity contribution in [1.29, 1.82) is 0 Å². The van der Waals surface area contributed by atoms with Gasteiger partial charge in [-0.05, 0) is 38.1 Å². The van der Waals surface area contributed by atoms with Gasteiger partial charge in [0.1, 0.15) is 0 Å². The lowest BCUT2D eigenvalue weighted by Crippen LogP contribution is -2.48. The molecular weight excluding hydrogens is 346 g/mol. The van der Waals surface area contributed by atoms with Crippen LogP contribution in [0.15, 0.2) is 24.3 Å². The molecule has 1 aliphatic heterocycles. The first kappa shape index (κ1) is 19.2. The van der Waals surface area contributed by atoms with E-state index in [-0.39, 0.29) is 5.91 Å².